The highest BCUT2D eigenvalue weighted by molar-refractivity contribution is 7.88. The smallest absolute Gasteiger partial charge is 0.211 e. The van der Waals surface area contributed by atoms with Crippen LogP contribution >= 0.6 is 11.3 Å². The molecule has 0 N–H and O–H groups in total. The maximum atomic E-state index is 12.0. The van der Waals surface area contributed by atoms with Crippen molar-refractivity contribution in [1.82, 2.24) is 14.2 Å². The number of piperidine rings is 1. The maximum absolute atomic E-state index is 12.0. The molecule has 1 aromatic heterocycles. The van der Waals surface area contributed by atoms with Crippen molar-refractivity contribution < 1.29 is 13.2 Å². The van der Waals surface area contributed by atoms with Gasteiger partial charge in [0.15, 0.2) is 0 Å². The Labute approximate surface area is 142 Å². The Bertz CT molecular complexity index is 610. The molecule has 2 saturated heterocycles. The highest BCUT2D eigenvalue weighted by Crippen LogP contribution is 2.45. The second-order valence-electron chi connectivity index (χ2n) is 6.77. The molecule has 0 aromatic carbocycles. The molecular weight excluding hydrogens is 334 g/mol. The number of methoxy groups -OCH3 is 1. The summed E-state index contributed by atoms with van der Waals surface area (Å²) < 4.78 is 30.9. The molecule has 0 amide bonds. The van der Waals surface area contributed by atoms with E-state index in [0.29, 0.717) is 25.6 Å². The molecule has 130 valence electrons. The minimum absolute atomic E-state index is 0.0679. The van der Waals surface area contributed by atoms with Gasteiger partial charge in [-0.2, -0.15) is 0 Å². The summed E-state index contributed by atoms with van der Waals surface area (Å²) >= 11 is 1.69. The van der Waals surface area contributed by atoms with E-state index in [-0.39, 0.29) is 5.41 Å². The third-order valence-corrected chi connectivity index (χ3v) is 7.29. The second kappa shape index (κ2) is 6.76. The van der Waals surface area contributed by atoms with E-state index < -0.39 is 10.0 Å². The van der Waals surface area contributed by atoms with E-state index in [4.69, 9.17) is 4.74 Å². The highest BCUT2D eigenvalue weighted by atomic mass is 32.2. The number of thiazole rings is 1. The van der Waals surface area contributed by atoms with Crippen LogP contribution in [0.1, 0.15) is 17.8 Å². The monoisotopic (exact) mass is 359 g/mol. The molecule has 0 aliphatic carbocycles. The summed E-state index contributed by atoms with van der Waals surface area (Å²) in [5, 5.41) is 3.16. The molecule has 1 atom stereocenters. The van der Waals surface area contributed by atoms with Crippen LogP contribution in [0.25, 0.3) is 0 Å². The normalized spacial score (nSPS) is 26.1. The first kappa shape index (κ1) is 17.3. The Kier molecular flexibility index (Phi) is 5.08. The number of ether oxygens (including phenoxy) is 1. The van der Waals surface area contributed by atoms with Gasteiger partial charge < -0.3 is 4.74 Å². The number of likely N-dealkylation sites (tertiary alicyclic amines) is 1. The summed E-state index contributed by atoms with van der Waals surface area (Å²) in [5.41, 5.74) is 0.0679. The van der Waals surface area contributed by atoms with Crippen LogP contribution in [0.2, 0.25) is 0 Å². The number of aromatic nitrogens is 1. The van der Waals surface area contributed by atoms with E-state index in [9.17, 15) is 8.42 Å². The van der Waals surface area contributed by atoms with Crippen molar-refractivity contribution in [1.29, 1.82) is 0 Å². The Morgan fingerprint density at radius 2 is 2.17 bits per heavy atom. The fourth-order valence-corrected chi connectivity index (χ4v) is 5.51. The maximum Gasteiger partial charge on any atom is 0.211 e. The van der Waals surface area contributed by atoms with E-state index in [1.807, 2.05) is 11.6 Å². The van der Waals surface area contributed by atoms with Crippen LogP contribution in [-0.2, 0) is 21.3 Å². The second-order valence-corrected chi connectivity index (χ2v) is 9.73. The van der Waals surface area contributed by atoms with Gasteiger partial charge in [-0.05, 0) is 31.3 Å². The van der Waals surface area contributed by atoms with Gasteiger partial charge in [-0.25, -0.2) is 17.7 Å². The predicted molar refractivity (Wildman–Crippen MR) is 90.8 cm³/mol. The average Bonchev–Trinajstić information content (AvgIpc) is 3.11. The van der Waals surface area contributed by atoms with Gasteiger partial charge in [0.1, 0.15) is 5.01 Å². The van der Waals surface area contributed by atoms with Gasteiger partial charge in [0.25, 0.3) is 0 Å². The fourth-order valence-electron chi connectivity index (χ4n) is 3.91. The van der Waals surface area contributed by atoms with Crippen LogP contribution in [0.15, 0.2) is 11.6 Å². The van der Waals surface area contributed by atoms with E-state index >= 15 is 0 Å². The Morgan fingerprint density at radius 1 is 1.43 bits per heavy atom. The summed E-state index contributed by atoms with van der Waals surface area (Å²) in [6, 6.07) is 0. The average molecular weight is 360 g/mol. The minimum Gasteiger partial charge on any atom is -0.384 e. The van der Waals surface area contributed by atoms with E-state index in [2.05, 4.69) is 9.88 Å². The first-order valence-corrected chi connectivity index (χ1v) is 10.7. The lowest BCUT2D eigenvalue weighted by atomic mass is 9.71. The van der Waals surface area contributed by atoms with E-state index in [1.54, 1.807) is 22.8 Å². The molecule has 3 heterocycles. The van der Waals surface area contributed by atoms with Crippen molar-refractivity contribution in [2.24, 2.45) is 11.3 Å². The molecule has 2 fully saturated rings. The minimum atomic E-state index is -3.13. The SMILES string of the molecule is COC[C@@H]1CN(S(C)(=O)=O)CC12CCN(Cc1nccs1)CC2. The number of sulfonamides is 1. The molecule has 0 radical (unpaired) electrons. The van der Waals surface area contributed by atoms with Gasteiger partial charge in [0, 0.05) is 37.7 Å². The summed E-state index contributed by atoms with van der Waals surface area (Å²) in [4.78, 5) is 6.79. The largest absolute Gasteiger partial charge is 0.384 e. The van der Waals surface area contributed by atoms with Crippen LogP contribution in [0.3, 0.4) is 0 Å². The number of rotatable bonds is 5. The van der Waals surface area contributed by atoms with Gasteiger partial charge in [0.2, 0.25) is 10.0 Å². The zero-order valence-electron chi connectivity index (χ0n) is 13.8. The Balaban J connectivity index is 1.66. The van der Waals surface area contributed by atoms with Crippen LogP contribution in [0.4, 0.5) is 0 Å². The van der Waals surface area contributed by atoms with Crippen LogP contribution in [-0.4, -0.2) is 68.8 Å². The number of nitrogens with zero attached hydrogens (tertiary/aromatic N) is 3. The molecule has 2 aliphatic heterocycles. The van der Waals surface area contributed by atoms with Crippen molar-refractivity contribution in [2.75, 3.05) is 46.2 Å². The Hall–Kier alpha value is -0.540. The molecule has 0 bridgehead atoms. The lowest BCUT2D eigenvalue weighted by molar-refractivity contribution is 0.0357. The molecule has 23 heavy (non-hydrogen) atoms. The van der Waals surface area contributed by atoms with Gasteiger partial charge in [-0.15, -0.1) is 11.3 Å². The molecule has 0 saturated carbocycles. The van der Waals surface area contributed by atoms with Crippen molar-refractivity contribution in [3.05, 3.63) is 16.6 Å². The van der Waals surface area contributed by atoms with Gasteiger partial charge in [-0.1, -0.05) is 0 Å². The third kappa shape index (κ3) is 3.76. The lowest BCUT2D eigenvalue weighted by Crippen LogP contribution is -2.45. The van der Waals surface area contributed by atoms with Gasteiger partial charge in [0.05, 0.1) is 19.4 Å². The molecule has 2 aliphatic rings. The van der Waals surface area contributed by atoms with Crippen LogP contribution < -0.4 is 0 Å². The summed E-state index contributed by atoms with van der Waals surface area (Å²) in [6.07, 6.45) is 5.21. The van der Waals surface area contributed by atoms with Crippen LogP contribution in [0.5, 0.6) is 0 Å². The van der Waals surface area contributed by atoms with Gasteiger partial charge >= 0.3 is 0 Å². The quantitative estimate of drug-likeness (QED) is 0.792. The number of hydrogen-bond donors (Lipinski definition) is 0. The molecule has 0 unspecified atom stereocenters. The first-order valence-electron chi connectivity index (χ1n) is 7.98. The predicted octanol–water partition coefficient (Wildman–Crippen LogP) is 1.26. The zero-order valence-corrected chi connectivity index (χ0v) is 15.4. The summed E-state index contributed by atoms with van der Waals surface area (Å²) in [7, 11) is -1.43. The fraction of sp³-hybridized carbons (Fsp3) is 0.800. The van der Waals surface area contributed by atoms with Crippen molar-refractivity contribution >= 4 is 21.4 Å². The summed E-state index contributed by atoms with van der Waals surface area (Å²) in [6.45, 7) is 4.77. The highest BCUT2D eigenvalue weighted by Gasteiger charge is 2.50. The third-order valence-electron chi connectivity index (χ3n) is 5.31. The molecule has 8 heteroatoms. The molecule has 1 aromatic rings. The summed E-state index contributed by atoms with van der Waals surface area (Å²) in [5.74, 6) is 0.296. The molecule has 3 rings (SSSR count). The van der Waals surface area contributed by atoms with Crippen LogP contribution in [0, 0.1) is 11.3 Å². The topological polar surface area (TPSA) is 62.7 Å². The first-order chi connectivity index (χ1) is 10.9. The molecular formula is C15H25N3O3S2. The van der Waals surface area contributed by atoms with Crippen molar-refractivity contribution in [3.8, 4) is 0 Å². The zero-order chi connectivity index (χ0) is 16.5. The molecule has 1 spiro atoms. The molecule has 6 nitrogen and oxygen atoms in total. The Morgan fingerprint density at radius 3 is 2.74 bits per heavy atom. The van der Waals surface area contributed by atoms with E-state index in [1.165, 1.54) is 6.26 Å². The lowest BCUT2D eigenvalue weighted by Gasteiger charge is -2.42. The van der Waals surface area contributed by atoms with Crippen molar-refractivity contribution in [2.45, 2.75) is 19.4 Å². The van der Waals surface area contributed by atoms with Gasteiger partial charge in [-0.3, -0.25) is 4.90 Å². The standard InChI is InChI=1S/C15H25N3O3S2/c1-21-11-13-9-18(23(2,19)20)12-15(13)3-6-17(7-4-15)10-14-16-5-8-22-14/h5,8,13H,3-4,6-7,9-12H2,1-2H3/t13-/m0/s1. The number of hydrogen-bond acceptors (Lipinski definition) is 6. The van der Waals surface area contributed by atoms with Crippen molar-refractivity contribution in [3.63, 3.8) is 0 Å². The van der Waals surface area contributed by atoms with E-state index in [0.717, 1.165) is 37.5 Å².